The number of halogens is 1. The Kier molecular flexibility index (Phi) is 6.00. The third-order valence-corrected chi connectivity index (χ3v) is 5.98. The number of rotatable bonds is 5. The van der Waals surface area contributed by atoms with Crippen LogP contribution in [0.15, 0.2) is 91.0 Å². The average Bonchev–Trinajstić information content (AvgIpc) is 3.31. The van der Waals surface area contributed by atoms with Crippen molar-refractivity contribution in [1.82, 2.24) is 19.6 Å². The number of hydrogen-bond donors (Lipinski definition) is 0. The molecule has 0 radical (unpaired) electrons. The molecule has 1 aromatic heterocycles. The molecule has 4 aromatic rings. The van der Waals surface area contributed by atoms with Crippen LogP contribution < -0.4 is 0 Å². The molecular weight excluding hydrogens is 415 g/mol. The molecule has 0 spiro atoms. The Morgan fingerprint density at radius 2 is 1.45 bits per heavy atom. The third-order valence-electron chi connectivity index (χ3n) is 5.98. The molecule has 0 aliphatic carbocycles. The van der Waals surface area contributed by atoms with Crippen molar-refractivity contribution in [2.75, 3.05) is 26.2 Å². The minimum Gasteiger partial charge on any atom is -0.335 e. The smallest absolute Gasteiger partial charge is 0.272 e. The van der Waals surface area contributed by atoms with Gasteiger partial charge < -0.3 is 4.90 Å². The highest BCUT2D eigenvalue weighted by atomic mass is 19.1. The fraction of sp³-hybridized carbons (Fsp3) is 0.185. The molecule has 0 atom stereocenters. The Hall–Kier alpha value is -3.77. The van der Waals surface area contributed by atoms with Gasteiger partial charge in [-0.05, 0) is 48.0 Å². The van der Waals surface area contributed by atoms with Gasteiger partial charge >= 0.3 is 0 Å². The summed E-state index contributed by atoms with van der Waals surface area (Å²) >= 11 is 0. The number of nitrogens with zero attached hydrogens (tertiary/aromatic N) is 4. The van der Waals surface area contributed by atoms with E-state index < -0.39 is 0 Å². The SMILES string of the molecule is O=C(c1cc(-c2ccc(F)cc2)nn1-c1ccccc1)N1CCN(Cc2ccccc2)CC1. The van der Waals surface area contributed by atoms with Crippen LogP contribution in [0.2, 0.25) is 0 Å². The van der Waals surface area contributed by atoms with Gasteiger partial charge in [0.25, 0.3) is 5.91 Å². The molecule has 166 valence electrons. The molecule has 1 fully saturated rings. The highest BCUT2D eigenvalue weighted by molar-refractivity contribution is 5.94. The van der Waals surface area contributed by atoms with Crippen molar-refractivity contribution in [3.63, 3.8) is 0 Å². The molecule has 6 heteroatoms. The molecule has 33 heavy (non-hydrogen) atoms. The van der Waals surface area contributed by atoms with E-state index in [1.54, 1.807) is 22.9 Å². The van der Waals surface area contributed by atoms with Gasteiger partial charge in [-0.3, -0.25) is 9.69 Å². The third kappa shape index (κ3) is 4.71. The van der Waals surface area contributed by atoms with Crippen LogP contribution in [0.25, 0.3) is 16.9 Å². The average molecular weight is 441 g/mol. The molecule has 5 nitrogen and oxygen atoms in total. The molecular formula is C27H25FN4O. The van der Waals surface area contributed by atoms with Crippen LogP contribution in [0.3, 0.4) is 0 Å². The van der Waals surface area contributed by atoms with E-state index in [0.717, 1.165) is 30.9 Å². The summed E-state index contributed by atoms with van der Waals surface area (Å²) in [6.45, 7) is 3.87. The molecule has 1 aliphatic heterocycles. The molecule has 0 saturated carbocycles. The Morgan fingerprint density at radius 3 is 2.12 bits per heavy atom. The monoisotopic (exact) mass is 440 g/mol. The summed E-state index contributed by atoms with van der Waals surface area (Å²) < 4.78 is 15.1. The number of aromatic nitrogens is 2. The minimum atomic E-state index is -0.300. The Labute approximate surface area is 192 Å². The molecule has 1 aliphatic rings. The quantitative estimate of drug-likeness (QED) is 0.454. The predicted molar refractivity (Wildman–Crippen MR) is 127 cm³/mol. The summed E-state index contributed by atoms with van der Waals surface area (Å²) in [6.07, 6.45) is 0. The van der Waals surface area contributed by atoms with E-state index in [0.29, 0.717) is 24.5 Å². The van der Waals surface area contributed by atoms with E-state index in [1.165, 1.54) is 17.7 Å². The lowest BCUT2D eigenvalue weighted by atomic mass is 10.1. The van der Waals surface area contributed by atoms with Crippen LogP contribution in [-0.2, 0) is 6.54 Å². The van der Waals surface area contributed by atoms with Gasteiger partial charge in [0.1, 0.15) is 11.5 Å². The number of amides is 1. The summed E-state index contributed by atoms with van der Waals surface area (Å²) in [4.78, 5) is 17.8. The first-order valence-corrected chi connectivity index (χ1v) is 11.1. The van der Waals surface area contributed by atoms with E-state index >= 15 is 0 Å². The second-order valence-electron chi connectivity index (χ2n) is 8.22. The molecule has 0 unspecified atom stereocenters. The van der Waals surface area contributed by atoms with Gasteiger partial charge in [0.05, 0.1) is 11.4 Å². The van der Waals surface area contributed by atoms with Gasteiger partial charge in [0.2, 0.25) is 0 Å². The number of carbonyl (C=O) groups excluding carboxylic acids is 1. The summed E-state index contributed by atoms with van der Waals surface area (Å²) in [5, 5.41) is 4.70. The molecule has 5 rings (SSSR count). The lowest BCUT2D eigenvalue weighted by Gasteiger charge is -2.34. The van der Waals surface area contributed by atoms with Crippen LogP contribution in [0.1, 0.15) is 16.1 Å². The van der Waals surface area contributed by atoms with Crippen molar-refractivity contribution in [3.8, 4) is 16.9 Å². The normalized spacial score (nSPS) is 14.4. The summed E-state index contributed by atoms with van der Waals surface area (Å²) in [6, 6.07) is 28.0. The van der Waals surface area contributed by atoms with Gasteiger partial charge in [0, 0.05) is 38.3 Å². The van der Waals surface area contributed by atoms with Gasteiger partial charge in [0.15, 0.2) is 0 Å². The molecule has 1 amide bonds. The molecule has 2 heterocycles. The second-order valence-corrected chi connectivity index (χ2v) is 8.22. The van der Waals surface area contributed by atoms with Crippen molar-refractivity contribution in [3.05, 3.63) is 108 Å². The number of benzene rings is 3. The summed E-state index contributed by atoms with van der Waals surface area (Å²) in [5.41, 5.74) is 4.02. The Morgan fingerprint density at radius 1 is 0.818 bits per heavy atom. The largest absolute Gasteiger partial charge is 0.335 e. The van der Waals surface area contributed by atoms with Crippen molar-refractivity contribution in [2.45, 2.75) is 6.54 Å². The maximum absolute atomic E-state index is 13.5. The lowest BCUT2D eigenvalue weighted by Crippen LogP contribution is -2.48. The zero-order valence-electron chi connectivity index (χ0n) is 18.3. The van der Waals surface area contributed by atoms with Crippen LogP contribution in [0.5, 0.6) is 0 Å². The standard InChI is InChI=1S/C27H25FN4O/c28-23-13-11-22(12-14-23)25-19-26(32(29-25)24-9-5-2-6-10-24)27(33)31-17-15-30(16-18-31)20-21-7-3-1-4-8-21/h1-14,19H,15-18,20H2. The van der Waals surface area contributed by atoms with E-state index in [4.69, 9.17) is 5.10 Å². The maximum atomic E-state index is 13.5. The van der Waals surface area contributed by atoms with E-state index in [-0.39, 0.29) is 11.7 Å². The number of para-hydroxylation sites is 1. The molecule has 0 N–H and O–H groups in total. The Bertz CT molecular complexity index is 1210. The minimum absolute atomic E-state index is 0.0425. The van der Waals surface area contributed by atoms with Crippen LogP contribution in [0.4, 0.5) is 4.39 Å². The first kappa shape index (κ1) is 21.1. The van der Waals surface area contributed by atoms with Crippen molar-refractivity contribution in [1.29, 1.82) is 0 Å². The maximum Gasteiger partial charge on any atom is 0.272 e. The molecule has 3 aromatic carbocycles. The van der Waals surface area contributed by atoms with Gasteiger partial charge in [-0.15, -0.1) is 0 Å². The van der Waals surface area contributed by atoms with E-state index in [1.807, 2.05) is 41.3 Å². The van der Waals surface area contributed by atoms with E-state index in [2.05, 4.69) is 29.2 Å². The number of piperazine rings is 1. The van der Waals surface area contributed by atoms with Crippen LogP contribution in [-0.4, -0.2) is 51.7 Å². The fourth-order valence-corrected chi connectivity index (χ4v) is 4.17. The highest BCUT2D eigenvalue weighted by Gasteiger charge is 2.26. The zero-order chi connectivity index (χ0) is 22.6. The molecule has 1 saturated heterocycles. The Balaban J connectivity index is 1.37. The van der Waals surface area contributed by atoms with Crippen molar-refractivity contribution < 1.29 is 9.18 Å². The number of carbonyl (C=O) groups is 1. The fourth-order valence-electron chi connectivity index (χ4n) is 4.17. The predicted octanol–water partition coefficient (Wildman–Crippen LogP) is 4.64. The van der Waals surface area contributed by atoms with Crippen LogP contribution >= 0.6 is 0 Å². The van der Waals surface area contributed by atoms with Gasteiger partial charge in [-0.25, -0.2) is 9.07 Å². The first-order valence-electron chi connectivity index (χ1n) is 11.1. The summed E-state index contributed by atoms with van der Waals surface area (Å²) in [5.74, 6) is -0.343. The van der Waals surface area contributed by atoms with Gasteiger partial charge in [-0.2, -0.15) is 5.10 Å². The van der Waals surface area contributed by atoms with Crippen molar-refractivity contribution >= 4 is 5.91 Å². The lowest BCUT2D eigenvalue weighted by molar-refractivity contribution is 0.0619. The zero-order valence-corrected chi connectivity index (χ0v) is 18.3. The van der Waals surface area contributed by atoms with Crippen LogP contribution in [0, 0.1) is 5.82 Å². The molecule has 0 bridgehead atoms. The van der Waals surface area contributed by atoms with Crippen molar-refractivity contribution in [2.24, 2.45) is 0 Å². The number of hydrogen-bond acceptors (Lipinski definition) is 3. The van der Waals surface area contributed by atoms with Gasteiger partial charge in [-0.1, -0.05) is 48.5 Å². The second kappa shape index (κ2) is 9.38. The van der Waals surface area contributed by atoms with E-state index in [9.17, 15) is 9.18 Å². The highest BCUT2D eigenvalue weighted by Crippen LogP contribution is 2.23. The topological polar surface area (TPSA) is 41.4 Å². The summed E-state index contributed by atoms with van der Waals surface area (Å²) in [7, 11) is 0. The first-order chi connectivity index (χ1) is 16.2.